The summed E-state index contributed by atoms with van der Waals surface area (Å²) < 4.78 is 40.2. The predicted molar refractivity (Wildman–Crippen MR) is 68.7 cm³/mol. The van der Waals surface area contributed by atoms with E-state index in [9.17, 15) is 13.2 Å². The van der Waals surface area contributed by atoms with Gasteiger partial charge < -0.3 is 10.3 Å². The maximum atomic E-state index is 13.0. The number of benzene rings is 1. The lowest BCUT2D eigenvalue weighted by molar-refractivity contribution is -0.146. The smallest absolute Gasteiger partial charge is 0.399 e. The lowest BCUT2D eigenvalue weighted by atomic mass is 10.2. The van der Waals surface area contributed by atoms with Crippen molar-refractivity contribution in [3.63, 3.8) is 0 Å². The summed E-state index contributed by atoms with van der Waals surface area (Å²) in [6, 6.07) is 4.67. The molecule has 2 rings (SSSR count). The summed E-state index contributed by atoms with van der Waals surface area (Å²) >= 11 is 0. The number of hydrogen-bond donors (Lipinski definition) is 1. The molecule has 2 N–H and O–H groups in total. The Balaban J connectivity index is 2.49. The minimum absolute atomic E-state index is 0.295. The van der Waals surface area contributed by atoms with E-state index in [1.54, 1.807) is 12.1 Å². The largest absolute Gasteiger partial charge is 0.449 e. The molecule has 0 aliphatic carbocycles. The minimum Gasteiger partial charge on any atom is -0.399 e. The summed E-state index contributed by atoms with van der Waals surface area (Å²) in [6.45, 7) is 2.33. The van der Waals surface area contributed by atoms with Crippen LogP contribution in [0.15, 0.2) is 18.2 Å². The molecule has 0 radical (unpaired) electrons. The number of anilines is 1. The molecule has 0 bridgehead atoms. The molecule has 3 nitrogen and oxygen atoms in total. The normalized spacial score (nSPS) is 12.2. The molecule has 0 atom stereocenters. The van der Waals surface area contributed by atoms with Crippen LogP contribution >= 0.6 is 0 Å². The lowest BCUT2D eigenvalue weighted by Gasteiger charge is -2.11. The zero-order chi connectivity index (χ0) is 14.0. The molecule has 6 heteroatoms. The first kappa shape index (κ1) is 13.7. The van der Waals surface area contributed by atoms with Crippen molar-refractivity contribution in [3.8, 4) is 0 Å². The van der Waals surface area contributed by atoms with Crippen LogP contribution in [0.25, 0.3) is 11.0 Å². The number of aryl methyl sites for hydroxylation is 1. The second kappa shape index (κ2) is 5.11. The Kier molecular flexibility index (Phi) is 3.68. The molecule has 0 saturated carbocycles. The highest BCUT2D eigenvalue weighted by atomic mass is 19.4. The van der Waals surface area contributed by atoms with Crippen LogP contribution in [0.1, 0.15) is 32.0 Å². The van der Waals surface area contributed by atoms with E-state index >= 15 is 0 Å². The maximum absolute atomic E-state index is 13.0. The highest BCUT2D eigenvalue weighted by Gasteiger charge is 2.37. The number of rotatable bonds is 4. The first-order valence-corrected chi connectivity index (χ1v) is 6.26. The summed E-state index contributed by atoms with van der Waals surface area (Å²) in [6.07, 6.45) is -1.89. The predicted octanol–water partition coefficient (Wildman–Crippen LogP) is 3.83. The molecule has 0 unspecified atom stereocenters. The number of unbranched alkanes of at least 4 members (excludes halogenated alkanes) is 2. The molecular formula is C13H16F3N3. The molecule has 2 aromatic rings. The summed E-state index contributed by atoms with van der Waals surface area (Å²) in [4.78, 5) is 3.68. The van der Waals surface area contributed by atoms with Crippen LogP contribution in [0.5, 0.6) is 0 Å². The van der Waals surface area contributed by atoms with E-state index in [1.165, 1.54) is 10.6 Å². The van der Waals surface area contributed by atoms with Crippen molar-refractivity contribution in [3.05, 3.63) is 24.0 Å². The molecule has 0 fully saturated rings. The lowest BCUT2D eigenvalue weighted by Crippen LogP contribution is -2.15. The van der Waals surface area contributed by atoms with Crippen LogP contribution in [0, 0.1) is 0 Å². The molecule has 1 aromatic carbocycles. The second-order valence-electron chi connectivity index (χ2n) is 4.54. The van der Waals surface area contributed by atoms with Gasteiger partial charge in [0.1, 0.15) is 0 Å². The average molecular weight is 271 g/mol. The number of alkyl halides is 3. The molecule has 0 aliphatic rings. The number of hydrogen-bond acceptors (Lipinski definition) is 2. The van der Waals surface area contributed by atoms with Crippen LogP contribution < -0.4 is 5.73 Å². The fourth-order valence-corrected chi connectivity index (χ4v) is 2.11. The second-order valence-corrected chi connectivity index (χ2v) is 4.54. The summed E-state index contributed by atoms with van der Waals surface area (Å²) in [5.41, 5.74) is 6.78. The fourth-order valence-electron chi connectivity index (χ4n) is 2.11. The molecule has 104 valence electrons. The summed E-state index contributed by atoms with van der Waals surface area (Å²) in [7, 11) is 0. The van der Waals surface area contributed by atoms with Crippen molar-refractivity contribution in [1.82, 2.24) is 9.55 Å². The Morgan fingerprint density at radius 2 is 2.00 bits per heavy atom. The van der Waals surface area contributed by atoms with Gasteiger partial charge in [-0.3, -0.25) is 0 Å². The number of nitrogen functional groups attached to an aromatic ring is 1. The molecular weight excluding hydrogens is 255 g/mol. The molecule has 1 heterocycles. The Labute approximate surface area is 109 Å². The highest BCUT2D eigenvalue weighted by Crippen LogP contribution is 2.32. The van der Waals surface area contributed by atoms with Crippen molar-refractivity contribution in [2.24, 2.45) is 0 Å². The molecule has 19 heavy (non-hydrogen) atoms. The number of aromatic nitrogens is 2. The van der Waals surface area contributed by atoms with Crippen molar-refractivity contribution in [1.29, 1.82) is 0 Å². The van der Waals surface area contributed by atoms with Gasteiger partial charge in [-0.25, -0.2) is 4.98 Å². The summed E-state index contributed by atoms with van der Waals surface area (Å²) in [5.74, 6) is -0.843. The van der Waals surface area contributed by atoms with Gasteiger partial charge in [0.05, 0.1) is 11.0 Å². The number of fused-ring (bicyclic) bond motifs is 1. The van der Waals surface area contributed by atoms with E-state index in [1.807, 2.05) is 6.92 Å². The molecule has 0 saturated heterocycles. The molecule has 0 spiro atoms. The van der Waals surface area contributed by atoms with Crippen LogP contribution in [-0.2, 0) is 12.7 Å². The fraction of sp³-hybridized carbons (Fsp3) is 0.462. The van der Waals surface area contributed by atoms with Crippen molar-refractivity contribution in [2.75, 3.05) is 5.73 Å². The van der Waals surface area contributed by atoms with Gasteiger partial charge in [0.2, 0.25) is 5.82 Å². The van der Waals surface area contributed by atoms with E-state index in [2.05, 4.69) is 4.98 Å². The van der Waals surface area contributed by atoms with Crippen LogP contribution in [-0.4, -0.2) is 9.55 Å². The van der Waals surface area contributed by atoms with Crippen molar-refractivity contribution < 1.29 is 13.2 Å². The third-order valence-corrected chi connectivity index (χ3v) is 3.01. The van der Waals surface area contributed by atoms with Gasteiger partial charge in [0.25, 0.3) is 0 Å². The number of nitrogens with zero attached hydrogens (tertiary/aromatic N) is 2. The van der Waals surface area contributed by atoms with Crippen LogP contribution in [0.2, 0.25) is 0 Å². The Hall–Kier alpha value is -1.72. The minimum atomic E-state index is -4.44. The first-order valence-electron chi connectivity index (χ1n) is 6.26. The molecule has 1 aromatic heterocycles. The van der Waals surface area contributed by atoms with E-state index in [0.717, 1.165) is 12.8 Å². The van der Waals surface area contributed by atoms with E-state index in [0.29, 0.717) is 29.7 Å². The van der Waals surface area contributed by atoms with E-state index < -0.39 is 12.0 Å². The third kappa shape index (κ3) is 2.83. The quantitative estimate of drug-likeness (QED) is 0.678. The Bertz CT molecular complexity index is 572. The van der Waals surface area contributed by atoms with Gasteiger partial charge in [-0.15, -0.1) is 0 Å². The van der Waals surface area contributed by atoms with Crippen molar-refractivity contribution in [2.45, 2.75) is 38.9 Å². The number of imidazole rings is 1. The SMILES string of the molecule is CCCCCn1c(C(F)(F)F)nc2cc(N)ccc21. The van der Waals surface area contributed by atoms with Gasteiger partial charge in [0.15, 0.2) is 0 Å². The Morgan fingerprint density at radius 3 is 2.63 bits per heavy atom. The van der Waals surface area contributed by atoms with Crippen LogP contribution in [0.4, 0.5) is 18.9 Å². The number of halogens is 3. The van der Waals surface area contributed by atoms with Crippen molar-refractivity contribution >= 4 is 16.7 Å². The van der Waals surface area contributed by atoms with E-state index in [-0.39, 0.29) is 0 Å². The number of nitrogens with two attached hydrogens (primary N) is 1. The van der Waals surface area contributed by atoms with Gasteiger partial charge in [-0.05, 0) is 24.6 Å². The molecule has 0 amide bonds. The standard InChI is InChI=1S/C13H16F3N3/c1-2-3-4-7-19-11-6-5-9(17)8-10(11)18-12(19)13(14,15)16/h5-6,8H,2-4,7,17H2,1H3. The molecule has 0 aliphatic heterocycles. The average Bonchev–Trinajstić information content (AvgIpc) is 2.67. The van der Waals surface area contributed by atoms with Gasteiger partial charge >= 0.3 is 6.18 Å². The zero-order valence-electron chi connectivity index (χ0n) is 10.7. The third-order valence-electron chi connectivity index (χ3n) is 3.01. The Morgan fingerprint density at radius 1 is 1.26 bits per heavy atom. The van der Waals surface area contributed by atoms with Gasteiger partial charge in [-0.1, -0.05) is 19.8 Å². The van der Waals surface area contributed by atoms with Gasteiger partial charge in [0, 0.05) is 12.2 Å². The first-order chi connectivity index (χ1) is 8.93. The topological polar surface area (TPSA) is 43.8 Å². The van der Waals surface area contributed by atoms with Gasteiger partial charge in [-0.2, -0.15) is 13.2 Å². The maximum Gasteiger partial charge on any atom is 0.449 e. The van der Waals surface area contributed by atoms with E-state index in [4.69, 9.17) is 5.73 Å². The monoisotopic (exact) mass is 271 g/mol. The van der Waals surface area contributed by atoms with Crippen LogP contribution in [0.3, 0.4) is 0 Å². The highest BCUT2D eigenvalue weighted by molar-refractivity contribution is 5.79. The summed E-state index contributed by atoms with van der Waals surface area (Å²) in [5, 5.41) is 0. The zero-order valence-corrected chi connectivity index (χ0v) is 10.7.